The molecular formula is C24H24N2O4. The zero-order valence-electron chi connectivity index (χ0n) is 16.9. The normalized spacial score (nSPS) is 10.8. The molecule has 3 aromatic carbocycles. The number of amides is 1. The smallest absolute Gasteiger partial charge is 0.261 e. The molecule has 30 heavy (non-hydrogen) atoms. The van der Waals surface area contributed by atoms with Crippen LogP contribution in [-0.4, -0.2) is 32.9 Å². The van der Waals surface area contributed by atoms with Crippen molar-refractivity contribution in [2.24, 2.45) is 5.16 Å². The highest BCUT2D eigenvalue weighted by Gasteiger charge is 2.16. The van der Waals surface area contributed by atoms with Gasteiger partial charge in [0.2, 0.25) is 0 Å². The van der Waals surface area contributed by atoms with E-state index in [1.807, 2.05) is 60.7 Å². The average Bonchev–Trinajstić information content (AvgIpc) is 2.81. The van der Waals surface area contributed by atoms with Gasteiger partial charge in [-0.25, -0.2) is 0 Å². The summed E-state index contributed by atoms with van der Waals surface area (Å²) in [5, 5.41) is 6.90. The van der Waals surface area contributed by atoms with Crippen LogP contribution in [0.1, 0.15) is 22.7 Å². The topological polar surface area (TPSA) is 69.1 Å². The van der Waals surface area contributed by atoms with Gasteiger partial charge < -0.3 is 19.6 Å². The van der Waals surface area contributed by atoms with Gasteiger partial charge in [-0.1, -0.05) is 65.8 Å². The fourth-order valence-corrected chi connectivity index (χ4v) is 2.98. The molecule has 0 aromatic heterocycles. The summed E-state index contributed by atoms with van der Waals surface area (Å²) in [6.07, 6.45) is 1.49. The number of hydrogen-bond acceptors (Lipinski definition) is 5. The molecule has 0 aliphatic carbocycles. The summed E-state index contributed by atoms with van der Waals surface area (Å²) in [4.78, 5) is 17.7. The van der Waals surface area contributed by atoms with Crippen LogP contribution < -0.4 is 14.8 Å². The van der Waals surface area contributed by atoms with Crippen LogP contribution in [-0.2, 0) is 9.63 Å². The molecular weight excluding hydrogens is 380 g/mol. The molecule has 0 radical (unpaired) electrons. The van der Waals surface area contributed by atoms with Crippen LogP contribution in [0, 0.1) is 0 Å². The summed E-state index contributed by atoms with van der Waals surface area (Å²) in [6, 6.07) is 24.6. The van der Waals surface area contributed by atoms with Gasteiger partial charge in [-0.3, -0.25) is 4.79 Å². The maximum atomic E-state index is 12.5. The van der Waals surface area contributed by atoms with Crippen LogP contribution in [0.4, 0.5) is 0 Å². The Kier molecular flexibility index (Phi) is 7.44. The summed E-state index contributed by atoms with van der Waals surface area (Å²) < 4.78 is 10.5. The Morgan fingerprint density at radius 3 is 2.13 bits per heavy atom. The van der Waals surface area contributed by atoms with Crippen molar-refractivity contribution < 1.29 is 19.1 Å². The highest BCUT2D eigenvalue weighted by atomic mass is 16.6. The Morgan fingerprint density at radius 1 is 0.933 bits per heavy atom. The highest BCUT2D eigenvalue weighted by Crippen LogP contribution is 2.23. The first kappa shape index (κ1) is 20.9. The molecule has 6 heteroatoms. The molecule has 0 atom stereocenters. The largest absolute Gasteiger partial charge is 0.497 e. The lowest BCUT2D eigenvalue weighted by Gasteiger charge is -2.19. The number of rotatable bonds is 9. The SMILES string of the molecule is COc1ccc(OC)c(/C=N\OCC(=O)NC(c2ccccc2)c2ccccc2)c1. The first-order valence-corrected chi connectivity index (χ1v) is 9.48. The molecule has 0 aliphatic heterocycles. The van der Waals surface area contributed by atoms with Gasteiger partial charge in [0, 0.05) is 5.56 Å². The fraction of sp³-hybridized carbons (Fsp3) is 0.167. The second-order valence-corrected chi connectivity index (χ2v) is 6.44. The van der Waals surface area contributed by atoms with E-state index in [9.17, 15) is 4.79 Å². The van der Waals surface area contributed by atoms with E-state index in [2.05, 4.69) is 10.5 Å². The second-order valence-electron chi connectivity index (χ2n) is 6.44. The lowest BCUT2D eigenvalue weighted by Crippen LogP contribution is -2.31. The molecule has 6 nitrogen and oxygen atoms in total. The Labute approximate surface area is 176 Å². The van der Waals surface area contributed by atoms with Crippen molar-refractivity contribution in [3.05, 3.63) is 95.6 Å². The number of carbonyl (C=O) groups is 1. The van der Waals surface area contributed by atoms with E-state index in [1.54, 1.807) is 32.4 Å². The summed E-state index contributed by atoms with van der Waals surface area (Å²) in [5.41, 5.74) is 2.66. The van der Waals surface area contributed by atoms with Crippen LogP contribution in [0.3, 0.4) is 0 Å². The Hall–Kier alpha value is -3.80. The average molecular weight is 404 g/mol. The zero-order chi connectivity index (χ0) is 21.2. The quantitative estimate of drug-likeness (QED) is 0.433. The van der Waals surface area contributed by atoms with Crippen LogP contribution in [0.25, 0.3) is 0 Å². The van der Waals surface area contributed by atoms with Crippen LogP contribution in [0.2, 0.25) is 0 Å². The first-order valence-electron chi connectivity index (χ1n) is 9.48. The van der Waals surface area contributed by atoms with Gasteiger partial charge in [0.1, 0.15) is 11.5 Å². The number of oxime groups is 1. The molecule has 0 unspecified atom stereocenters. The molecule has 3 rings (SSSR count). The minimum Gasteiger partial charge on any atom is -0.497 e. The van der Waals surface area contributed by atoms with E-state index >= 15 is 0 Å². The predicted octanol–water partition coefficient (Wildman–Crippen LogP) is 3.96. The van der Waals surface area contributed by atoms with Crippen molar-refractivity contribution in [1.29, 1.82) is 0 Å². The Morgan fingerprint density at radius 2 is 1.57 bits per heavy atom. The molecule has 0 heterocycles. The Bertz CT molecular complexity index is 936. The maximum Gasteiger partial charge on any atom is 0.261 e. The minimum absolute atomic E-state index is 0.209. The fourth-order valence-electron chi connectivity index (χ4n) is 2.98. The van der Waals surface area contributed by atoms with Crippen molar-refractivity contribution in [1.82, 2.24) is 5.32 Å². The molecule has 0 saturated carbocycles. The van der Waals surface area contributed by atoms with Gasteiger partial charge in [-0.2, -0.15) is 0 Å². The van der Waals surface area contributed by atoms with Gasteiger partial charge in [-0.05, 0) is 29.3 Å². The standard InChI is InChI=1S/C24H24N2O4/c1-28-21-13-14-22(29-2)20(15-21)16-25-30-17-23(27)26-24(18-9-5-3-6-10-18)19-11-7-4-8-12-19/h3-16,24H,17H2,1-2H3,(H,26,27)/b25-16-. The number of ether oxygens (including phenoxy) is 2. The van der Waals surface area contributed by atoms with E-state index in [0.29, 0.717) is 17.1 Å². The maximum absolute atomic E-state index is 12.5. The lowest BCUT2D eigenvalue weighted by molar-refractivity contribution is -0.126. The summed E-state index contributed by atoms with van der Waals surface area (Å²) >= 11 is 0. The molecule has 154 valence electrons. The number of nitrogens with zero attached hydrogens (tertiary/aromatic N) is 1. The molecule has 1 amide bonds. The van der Waals surface area contributed by atoms with E-state index < -0.39 is 0 Å². The molecule has 0 bridgehead atoms. The third-order valence-electron chi connectivity index (χ3n) is 4.47. The van der Waals surface area contributed by atoms with E-state index in [0.717, 1.165) is 11.1 Å². The molecule has 0 saturated heterocycles. The van der Waals surface area contributed by atoms with Crippen LogP contribution >= 0.6 is 0 Å². The van der Waals surface area contributed by atoms with Crippen LogP contribution in [0.5, 0.6) is 11.5 Å². The highest BCUT2D eigenvalue weighted by molar-refractivity contribution is 5.84. The number of carbonyl (C=O) groups excluding carboxylic acids is 1. The van der Waals surface area contributed by atoms with Gasteiger partial charge in [-0.15, -0.1) is 0 Å². The van der Waals surface area contributed by atoms with Gasteiger partial charge in [0.15, 0.2) is 6.61 Å². The monoisotopic (exact) mass is 404 g/mol. The van der Waals surface area contributed by atoms with E-state index in [4.69, 9.17) is 14.3 Å². The van der Waals surface area contributed by atoms with Crippen LogP contribution in [0.15, 0.2) is 84.0 Å². The Balaban J connectivity index is 1.63. The summed E-state index contributed by atoms with van der Waals surface area (Å²) in [7, 11) is 3.15. The number of hydrogen-bond donors (Lipinski definition) is 1. The van der Waals surface area contributed by atoms with Gasteiger partial charge in [0.25, 0.3) is 5.91 Å². The minimum atomic E-state index is -0.275. The molecule has 3 aromatic rings. The molecule has 1 N–H and O–H groups in total. The predicted molar refractivity (Wildman–Crippen MR) is 116 cm³/mol. The van der Waals surface area contributed by atoms with Crippen molar-refractivity contribution in [2.75, 3.05) is 20.8 Å². The van der Waals surface area contributed by atoms with Crippen molar-refractivity contribution in [2.45, 2.75) is 6.04 Å². The number of methoxy groups -OCH3 is 2. The van der Waals surface area contributed by atoms with E-state index in [-0.39, 0.29) is 18.6 Å². The van der Waals surface area contributed by atoms with E-state index in [1.165, 1.54) is 6.21 Å². The molecule has 0 spiro atoms. The zero-order valence-corrected chi connectivity index (χ0v) is 16.9. The van der Waals surface area contributed by atoms with Crippen molar-refractivity contribution >= 4 is 12.1 Å². The first-order chi connectivity index (χ1) is 14.7. The van der Waals surface area contributed by atoms with Gasteiger partial charge >= 0.3 is 0 Å². The van der Waals surface area contributed by atoms with Crippen molar-refractivity contribution in [3.63, 3.8) is 0 Å². The molecule has 0 aliphatic rings. The summed E-state index contributed by atoms with van der Waals surface area (Å²) in [5.74, 6) is 1.02. The second kappa shape index (κ2) is 10.7. The van der Waals surface area contributed by atoms with Crippen molar-refractivity contribution in [3.8, 4) is 11.5 Å². The third-order valence-corrected chi connectivity index (χ3v) is 4.47. The third kappa shape index (κ3) is 5.61. The number of benzene rings is 3. The number of nitrogens with one attached hydrogen (secondary N) is 1. The molecule has 0 fully saturated rings. The van der Waals surface area contributed by atoms with Gasteiger partial charge in [0.05, 0.1) is 26.5 Å². The lowest BCUT2D eigenvalue weighted by atomic mass is 9.99. The summed E-state index contributed by atoms with van der Waals surface area (Å²) in [6.45, 7) is -0.209.